The van der Waals surface area contributed by atoms with Crippen LogP contribution >= 0.6 is 0 Å². The predicted octanol–water partition coefficient (Wildman–Crippen LogP) is 2.70. The third-order valence-electron chi connectivity index (χ3n) is 4.93. The van der Waals surface area contributed by atoms with E-state index >= 15 is 0 Å². The van der Waals surface area contributed by atoms with Crippen LogP contribution in [0.5, 0.6) is 0 Å². The Labute approximate surface area is 139 Å². The lowest BCUT2D eigenvalue weighted by Gasteiger charge is -2.35. The van der Waals surface area contributed by atoms with E-state index in [0.717, 1.165) is 26.2 Å². The smallest absolute Gasteiger partial charge is 0.126 e. The molecule has 0 fully saturated rings. The highest BCUT2D eigenvalue weighted by Gasteiger charge is 2.27. The maximum atomic E-state index is 4.72. The van der Waals surface area contributed by atoms with Gasteiger partial charge < -0.3 is 4.57 Å². The fourth-order valence-corrected chi connectivity index (χ4v) is 3.11. The van der Waals surface area contributed by atoms with Crippen LogP contribution in [0.25, 0.3) is 0 Å². The van der Waals surface area contributed by atoms with Crippen molar-refractivity contribution in [2.75, 3.05) is 13.6 Å². The van der Waals surface area contributed by atoms with E-state index < -0.39 is 0 Å². The summed E-state index contributed by atoms with van der Waals surface area (Å²) in [6.45, 7) is 10.7. The molecule has 0 saturated heterocycles. The summed E-state index contributed by atoms with van der Waals surface area (Å²) in [5.74, 6) is 1.19. The molecule has 2 aromatic rings. The normalized spacial score (nSPS) is 18.6. The Morgan fingerprint density at radius 1 is 1.26 bits per heavy atom. The van der Waals surface area contributed by atoms with Crippen LogP contribution in [-0.2, 0) is 19.6 Å². The van der Waals surface area contributed by atoms with Crippen LogP contribution in [-0.4, -0.2) is 44.0 Å². The van der Waals surface area contributed by atoms with Crippen LogP contribution < -0.4 is 0 Å². The molecule has 0 radical (unpaired) electrons. The summed E-state index contributed by atoms with van der Waals surface area (Å²) in [7, 11) is 2.17. The molecule has 0 saturated carbocycles. The van der Waals surface area contributed by atoms with Gasteiger partial charge in [0, 0.05) is 50.8 Å². The third-order valence-corrected chi connectivity index (χ3v) is 4.93. The molecule has 1 aliphatic heterocycles. The number of nitrogens with zero attached hydrogens (tertiary/aromatic N) is 5. The van der Waals surface area contributed by atoms with Crippen LogP contribution in [0.2, 0.25) is 0 Å². The molecule has 1 unspecified atom stereocenters. The molecule has 5 nitrogen and oxygen atoms in total. The Kier molecular flexibility index (Phi) is 4.78. The average Bonchev–Trinajstić information content (AvgIpc) is 2.95. The van der Waals surface area contributed by atoms with E-state index in [9.17, 15) is 0 Å². The summed E-state index contributed by atoms with van der Waals surface area (Å²) >= 11 is 0. The molecule has 2 aromatic heterocycles. The number of aromatic nitrogens is 3. The molecule has 0 amide bonds. The maximum absolute atomic E-state index is 4.72. The van der Waals surface area contributed by atoms with Crippen molar-refractivity contribution in [3.63, 3.8) is 0 Å². The van der Waals surface area contributed by atoms with Gasteiger partial charge in [-0.2, -0.15) is 0 Å². The Balaban J connectivity index is 1.73. The first-order chi connectivity index (χ1) is 11.1. The van der Waals surface area contributed by atoms with Gasteiger partial charge in [-0.3, -0.25) is 14.8 Å². The second-order valence-corrected chi connectivity index (χ2v) is 6.77. The van der Waals surface area contributed by atoms with Crippen molar-refractivity contribution in [2.45, 2.75) is 52.5 Å². The Bertz CT molecular complexity index is 634. The first-order valence-electron chi connectivity index (χ1n) is 8.43. The van der Waals surface area contributed by atoms with Gasteiger partial charge in [0.15, 0.2) is 0 Å². The van der Waals surface area contributed by atoms with Crippen molar-refractivity contribution >= 4 is 0 Å². The zero-order valence-electron chi connectivity index (χ0n) is 14.6. The van der Waals surface area contributed by atoms with E-state index in [1.54, 1.807) is 0 Å². The quantitative estimate of drug-likeness (QED) is 0.850. The molecule has 124 valence electrons. The van der Waals surface area contributed by atoms with Crippen molar-refractivity contribution < 1.29 is 0 Å². The first kappa shape index (κ1) is 16.1. The third kappa shape index (κ3) is 3.46. The van der Waals surface area contributed by atoms with Gasteiger partial charge in [-0.25, -0.2) is 4.98 Å². The zero-order valence-corrected chi connectivity index (χ0v) is 14.6. The number of pyridine rings is 1. The lowest BCUT2D eigenvalue weighted by atomic mass is 10.1. The van der Waals surface area contributed by atoms with Gasteiger partial charge in [-0.1, -0.05) is 0 Å². The highest BCUT2D eigenvalue weighted by molar-refractivity contribution is 5.14. The molecule has 1 aliphatic rings. The molecular weight excluding hydrogens is 286 g/mol. The monoisotopic (exact) mass is 313 g/mol. The van der Waals surface area contributed by atoms with Crippen LogP contribution in [0.15, 0.2) is 30.7 Å². The van der Waals surface area contributed by atoms with E-state index in [4.69, 9.17) is 4.98 Å². The van der Waals surface area contributed by atoms with Crippen LogP contribution in [0, 0.1) is 0 Å². The van der Waals surface area contributed by atoms with Gasteiger partial charge >= 0.3 is 0 Å². The van der Waals surface area contributed by atoms with Crippen molar-refractivity contribution in [2.24, 2.45) is 0 Å². The number of fused-ring (bicyclic) bond motifs is 1. The molecule has 0 spiro atoms. The van der Waals surface area contributed by atoms with Gasteiger partial charge in [0.25, 0.3) is 0 Å². The molecule has 5 heteroatoms. The van der Waals surface area contributed by atoms with Crippen LogP contribution in [0.3, 0.4) is 0 Å². The second kappa shape index (κ2) is 6.81. The standard InChI is InChI=1S/C18H27N5/c1-14(2)21(4)13-17-11-20-18-15(3)22(9-10-23(17)18)12-16-5-7-19-8-6-16/h5-8,11,14-15H,9-10,12-13H2,1-4H3. The molecule has 0 aromatic carbocycles. The van der Waals surface area contributed by atoms with Gasteiger partial charge in [0.2, 0.25) is 0 Å². The van der Waals surface area contributed by atoms with E-state index in [-0.39, 0.29) is 0 Å². The fraction of sp³-hybridized carbons (Fsp3) is 0.556. The lowest BCUT2D eigenvalue weighted by Crippen LogP contribution is -2.37. The van der Waals surface area contributed by atoms with Crippen molar-refractivity contribution in [1.29, 1.82) is 0 Å². The number of rotatable bonds is 5. The van der Waals surface area contributed by atoms with Gasteiger partial charge in [0.05, 0.1) is 11.7 Å². The number of hydrogen-bond acceptors (Lipinski definition) is 4. The van der Waals surface area contributed by atoms with Crippen molar-refractivity contribution in [1.82, 2.24) is 24.3 Å². The summed E-state index contributed by atoms with van der Waals surface area (Å²) in [6, 6.07) is 5.08. The predicted molar refractivity (Wildman–Crippen MR) is 91.9 cm³/mol. The average molecular weight is 313 g/mol. The fourth-order valence-electron chi connectivity index (χ4n) is 3.11. The summed E-state index contributed by atoms with van der Waals surface area (Å²) < 4.78 is 2.41. The van der Waals surface area contributed by atoms with Crippen LogP contribution in [0.1, 0.15) is 43.9 Å². The maximum Gasteiger partial charge on any atom is 0.126 e. The Morgan fingerprint density at radius 2 is 2.00 bits per heavy atom. The minimum absolute atomic E-state index is 0.343. The van der Waals surface area contributed by atoms with E-state index in [2.05, 4.69) is 65.5 Å². The lowest BCUT2D eigenvalue weighted by molar-refractivity contribution is 0.152. The van der Waals surface area contributed by atoms with Gasteiger partial charge in [0.1, 0.15) is 5.82 Å². The minimum atomic E-state index is 0.343. The number of imidazole rings is 1. The van der Waals surface area contributed by atoms with E-state index in [1.165, 1.54) is 17.1 Å². The molecular formula is C18H27N5. The topological polar surface area (TPSA) is 37.2 Å². The second-order valence-electron chi connectivity index (χ2n) is 6.77. The zero-order chi connectivity index (χ0) is 16.4. The minimum Gasteiger partial charge on any atom is -0.328 e. The highest BCUT2D eigenvalue weighted by Crippen LogP contribution is 2.27. The largest absolute Gasteiger partial charge is 0.328 e. The Hall–Kier alpha value is -1.72. The first-order valence-corrected chi connectivity index (χ1v) is 8.43. The molecule has 3 heterocycles. The molecule has 23 heavy (non-hydrogen) atoms. The molecule has 1 atom stereocenters. The van der Waals surface area contributed by atoms with Crippen molar-refractivity contribution in [3.8, 4) is 0 Å². The van der Waals surface area contributed by atoms with E-state index in [1.807, 2.05) is 12.4 Å². The van der Waals surface area contributed by atoms with Crippen LogP contribution in [0.4, 0.5) is 0 Å². The molecule has 0 N–H and O–H groups in total. The summed E-state index contributed by atoms with van der Waals surface area (Å²) in [5, 5.41) is 0. The summed E-state index contributed by atoms with van der Waals surface area (Å²) in [6.07, 6.45) is 5.79. The molecule has 0 bridgehead atoms. The Morgan fingerprint density at radius 3 is 2.70 bits per heavy atom. The SMILES string of the molecule is CC(C)N(C)Cc1cnc2n1CCN(Cc1ccncc1)C2C. The van der Waals surface area contributed by atoms with E-state index in [0.29, 0.717) is 12.1 Å². The molecule has 0 aliphatic carbocycles. The van der Waals surface area contributed by atoms with Gasteiger partial charge in [-0.15, -0.1) is 0 Å². The molecule has 3 rings (SSSR count). The highest BCUT2D eigenvalue weighted by atomic mass is 15.3. The number of hydrogen-bond donors (Lipinski definition) is 0. The van der Waals surface area contributed by atoms with Gasteiger partial charge in [-0.05, 0) is 45.5 Å². The summed E-state index contributed by atoms with van der Waals surface area (Å²) in [4.78, 5) is 13.7. The summed E-state index contributed by atoms with van der Waals surface area (Å²) in [5.41, 5.74) is 2.64. The van der Waals surface area contributed by atoms with Crippen molar-refractivity contribution in [3.05, 3.63) is 47.8 Å².